The standard InChI is InChI=1S/C24H29BrF2O5/c1-12-7-15-16-9-18(26)17-8-14(29)5-6-21(17,3)24(16,27)19(30)10-22(15,4)23(12,25)20(31)11-32-13(2)28/h5-6,8,12,15-16,18-19,30H,7,9-11H2,1-4H3/t12-,15+,16+,18-,19+,21+,22+,23+,24?/m1/s1. The van der Waals surface area contributed by atoms with E-state index in [0.29, 0.717) is 6.42 Å². The number of aliphatic hydroxyl groups is 1. The summed E-state index contributed by atoms with van der Waals surface area (Å²) >= 11 is 3.65. The van der Waals surface area contributed by atoms with Gasteiger partial charge in [0.2, 0.25) is 0 Å². The monoisotopic (exact) mass is 514 g/mol. The summed E-state index contributed by atoms with van der Waals surface area (Å²) in [5, 5.41) is 11.3. The van der Waals surface area contributed by atoms with E-state index < -0.39 is 57.5 Å². The van der Waals surface area contributed by atoms with E-state index in [4.69, 9.17) is 4.74 Å². The van der Waals surface area contributed by atoms with Crippen LogP contribution < -0.4 is 0 Å². The number of esters is 1. The lowest BCUT2D eigenvalue weighted by atomic mass is 9.44. The van der Waals surface area contributed by atoms with E-state index in [-0.39, 0.29) is 35.9 Å². The molecule has 5 nitrogen and oxygen atoms in total. The average molecular weight is 515 g/mol. The molecule has 8 heteroatoms. The molecule has 3 fully saturated rings. The largest absolute Gasteiger partial charge is 0.458 e. The molecule has 0 spiro atoms. The number of ketones is 2. The highest BCUT2D eigenvalue weighted by Gasteiger charge is 2.76. The number of alkyl halides is 3. The highest BCUT2D eigenvalue weighted by molar-refractivity contribution is 9.10. The van der Waals surface area contributed by atoms with Gasteiger partial charge in [-0.3, -0.25) is 14.4 Å². The molecule has 0 aromatic heterocycles. The summed E-state index contributed by atoms with van der Waals surface area (Å²) in [6.45, 7) is 6.06. The Kier molecular flexibility index (Phi) is 5.41. The molecule has 0 aliphatic heterocycles. The Bertz CT molecular complexity index is 949. The summed E-state index contributed by atoms with van der Waals surface area (Å²) < 4.78 is 36.3. The molecule has 3 saturated carbocycles. The first-order valence-electron chi connectivity index (χ1n) is 11.0. The Morgan fingerprint density at radius 1 is 1.28 bits per heavy atom. The fraction of sp³-hybridized carbons (Fsp3) is 0.708. The van der Waals surface area contributed by atoms with Gasteiger partial charge in [-0.15, -0.1) is 0 Å². The summed E-state index contributed by atoms with van der Waals surface area (Å²) in [5.41, 5.74) is -4.44. The van der Waals surface area contributed by atoms with Gasteiger partial charge in [0.15, 0.2) is 23.8 Å². The molecule has 176 valence electrons. The summed E-state index contributed by atoms with van der Waals surface area (Å²) in [4.78, 5) is 36.4. The lowest BCUT2D eigenvalue weighted by Gasteiger charge is -2.63. The van der Waals surface area contributed by atoms with Crippen LogP contribution in [0, 0.1) is 28.6 Å². The number of rotatable bonds is 3. The average Bonchev–Trinajstić information content (AvgIpc) is 2.91. The van der Waals surface area contributed by atoms with Crippen molar-refractivity contribution in [3.05, 3.63) is 23.8 Å². The van der Waals surface area contributed by atoms with Gasteiger partial charge in [0.25, 0.3) is 0 Å². The van der Waals surface area contributed by atoms with Crippen molar-refractivity contribution >= 4 is 33.5 Å². The smallest absolute Gasteiger partial charge is 0.303 e. The number of carbonyl (C=O) groups excluding carboxylic acids is 3. The molecule has 0 aromatic carbocycles. The lowest BCUT2D eigenvalue weighted by Crippen LogP contribution is -2.69. The van der Waals surface area contributed by atoms with Crippen LogP contribution in [0.1, 0.15) is 47.0 Å². The highest BCUT2D eigenvalue weighted by atomic mass is 79.9. The van der Waals surface area contributed by atoms with Gasteiger partial charge in [0, 0.05) is 18.3 Å². The molecule has 0 aromatic rings. The van der Waals surface area contributed by atoms with Gasteiger partial charge < -0.3 is 9.84 Å². The molecular weight excluding hydrogens is 486 g/mol. The molecule has 1 unspecified atom stereocenters. The summed E-state index contributed by atoms with van der Waals surface area (Å²) in [6.07, 6.45) is 1.10. The molecule has 9 atom stereocenters. The van der Waals surface area contributed by atoms with Gasteiger partial charge in [0.1, 0.15) is 6.17 Å². The van der Waals surface area contributed by atoms with Gasteiger partial charge in [-0.25, -0.2) is 8.78 Å². The van der Waals surface area contributed by atoms with Crippen LogP contribution >= 0.6 is 15.9 Å². The maximum absolute atomic E-state index is 17.1. The predicted octanol–water partition coefficient (Wildman–Crippen LogP) is 3.82. The lowest BCUT2D eigenvalue weighted by molar-refractivity contribution is -0.199. The molecule has 4 aliphatic carbocycles. The normalized spacial score (nSPS) is 49.6. The van der Waals surface area contributed by atoms with E-state index >= 15 is 8.78 Å². The highest BCUT2D eigenvalue weighted by Crippen LogP contribution is 2.72. The number of ether oxygens (including phenoxy) is 1. The second-order valence-corrected chi connectivity index (χ2v) is 11.7. The molecule has 0 saturated heterocycles. The maximum atomic E-state index is 17.1. The Hall–Kier alpha value is -1.41. The molecule has 4 aliphatic rings. The summed E-state index contributed by atoms with van der Waals surface area (Å²) in [7, 11) is 0. The molecular formula is C24H29BrF2O5. The number of allylic oxidation sites excluding steroid dienone is 4. The zero-order valence-corrected chi connectivity index (χ0v) is 20.2. The van der Waals surface area contributed by atoms with Crippen molar-refractivity contribution in [2.45, 2.75) is 69.2 Å². The second kappa shape index (κ2) is 7.29. The number of halogens is 3. The van der Waals surface area contributed by atoms with Crippen molar-refractivity contribution in [1.29, 1.82) is 0 Å². The van der Waals surface area contributed by atoms with Crippen LogP contribution in [-0.2, 0) is 19.1 Å². The van der Waals surface area contributed by atoms with Crippen LogP contribution in [-0.4, -0.2) is 51.5 Å². The third-order valence-corrected chi connectivity index (χ3v) is 11.1. The minimum absolute atomic E-state index is 0.0202. The van der Waals surface area contributed by atoms with E-state index in [1.54, 1.807) is 6.92 Å². The van der Waals surface area contributed by atoms with E-state index in [1.165, 1.54) is 19.1 Å². The van der Waals surface area contributed by atoms with Crippen LogP contribution in [0.25, 0.3) is 0 Å². The molecule has 4 rings (SSSR count). The van der Waals surface area contributed by atoms with Crippen molar-refractivity contribution in [3.63, 3.8) is 0 Å². The Morgan fingerprint density at radius 2 is 1.94 bits per heavy atom. The number of hydrogen-bond donors (Lipinski definition) is 1. The second-order valence-electron chi connectivity index (χ2n) is 10.4. The van der Waals surface area contributed by atoms with Gasteiger partial charge in [-0.1, -0.05) is 35.9 Å². The first-order chi connectivity index (χ1) is 14.7. The molecule has 0 radical (unpaired) electrons. The fourth-order valence-electron chi connectivity index (χ4n) is 7.38. The Morgan fingerprint density at radius 3 is 2.56 bits per heavy atom. The molecule has 32 heavy (non-hydrogen) atoms. The number of Topliss-reactive ketones (excluding diaryl/α,β-unsaturated/α-hetero) is 1. The van der Waals surface area contributed by atoms with E-state index in [9.17, 15) is 19.5 Å². The van der Waals surface area contributed by atoms with Gasteiger partial charge in [-0.05, 0) is 61.2 Å². The van der Waals surface area contributed by atoms with Gasteiger partial charge in [0.05, 0.1) is 10.4 Å². The van der Waals surface area contributed by atoms with E-state index in [2.05, 4.69) is 15.9 Å². The topological polar surface area (TPSA) is 80.7 Å². The van der Waals surface area contributed by atoms with Crippen LogP contribution in [0.2, 0.25) is 0 Å². The number of aliphatic hydroxyl groups excluding tert-OH is 1. The zero-order valence-electron chi connectivity index (χ0n) is 18.7. The van der Waals surface area contributed by atoms with Crippen molar-refractivity contribution in [3.8, 4) is 0 Å². The van der Waals surface area contributed by atoms with Crippen molar-refractivity contribution in [2.75, 3.05) is 6.61 Å². The summed E-state index contributed by atoms with van der Waals surface area (Å²) in [6, 6.07) is 0. The molecule has 0 bridgehead atoms. The Labute approximate surface area is 194 Å². The number of hydrogen-bond acceptors (Lipinski definition) is 5. The van der Waals surface area contributed by atoms with Crippen LogP contribution in [0.4, 0.5) is 8.78 Å². The minimum Gasteiger partial charge on any atom is -0.458 e. The first-order valence-corrected chi connectivity index (χ1v) is 11.8. The van der Waals surface area contributed by atoms with Crippen molar-refractivity contribution in [2.24, 2.45) is 28.6 Å². The van der Waals surface area contributed by atoms with Gasteiger partial charge >= 0.3 is 5.97 Å². The van der Waals surface area contributed by atoms with Gasteiger partial charge in [-0.2, -0.15) is 0 Å². The van der Waals surface area contributed by atoms with Crippen LogP contribution in [0.5, 0.6) is 0 Å². The van der Waals surface area contributed by atoms with E-state index in [1.807, 2.05) is 13.8 Å². The third kappa shape index (κ3) is 2.77. The van der Waals surface area contributed by atoms with Crippen LogP contribution in [0.3, 0.4) is 0 Å². The van der Waals surface area contributed by atoms with Crippen molar-refractivity contribution in [1.82, 2.24) is 0 Å². The van der Waals surface area contributed by atoms with Crippen molar-refractivity contribution < 1.29 is 33.0 Å². The molecule has 1 N–H and O–H groups in total. The molecule has 0 heterocycles. The predicted molar refractivity (Wildman–Crippen MR) is 116 cm³/mol. The first kappa shape index (κ1) is 23.7. The summed E-state index contributed by atoms with van der Waals surface area (Å²) in [5.74, 6) is -2.80. The SMILES string of the molecule is CC(=O)OCC(=O)[C@@]1(Br)[C@H](C)C[C@H]2[C@@H]3C[C@@H](F)C4=CC(=O)C=C[C@]4(C)C3(F)[C@@H](O)C[C@@]21C. The maximum Gasteiger partial charge on any atom is 0.303 e. The zero-order chi connectivity index (χ0) is 23.9. The Balaban J connectivity index is 1.79. The fourth-order valence-corrected chi connectivity index (χ4v) is 8.14. The number of fused-ring (bicyclic) bond motifs is 5. The number of carbonyl (C=O) groups is 3. The van der Waals surface area contributed by atoms with E-state index in [0.717, 1.165) is 6.08 Å². The minimum atomic E-state index is -2.18. The quantitative estimate of drug-likeness (QED) is 0.457. The third-order valence-electron chi connectivity index (χ3n) is 8.95. The van der Waals surface area contributed by atoms with Crippen LogP contribution in [0.15, 0.2) is 23.8 Å². The molecule has 0 amide bonds.